The third-order valence-electron chi connectivity index (χ3n) is 3.15. The van der Waals surface area contributed by atoms with Gasteiger partial charge in [0.25, 0.3) is 0 Å². The van der Waals surface area contributed by atoms with Crippen molar-refractivity contribution in [2.75, 3.05) is 5.01 Å². The summed E-state index contributed by atoms with van der Waals surface area (Å²) in [5.74, 6) is 5.73. The van der Waals surface area contributed by atoms with Crippen LogP contribution in [-0.2, 0) is 16.5 Å². The van der Waals surface area contributed by atoms with Gasteiger partial charge >= 0.3 is 16.5 Å². The lowest BCUT2D eigenvalue weighted by atomic mass is 10.1. The predicted octanol–water partition coefficient (Wildman–Crippen LogP) is 1.93. The van der Waals surface area contributed by atoms with Gasteiger partial charge in [0, 0.05) is 6.20 Å². The van der Waals surface area contributed by atoms with Gasteiger partial charge in [0.05, 0.1) is 16.9 Å². The molecule has 0 aliphatic carbocycles. The minimum absolute atomic E-state index is 0.0217. The second-order valence-corrected chi connectivity index (χ2v) is 6.29. The normalized spacial score (nSPS) is 12.7. The van der Waals surface area contributed by atoms with Gasteiger partial charge in [0.2, 0.25) is 0 Å². The molecule has 0 unspecified atom stereocenters. The molecule has 11 heteroatoms. The topological polar surface area (TPSA) is 125 Å². The number of hydrogen-bond acceptors (Lipinski definition) is 6. The van der Waals surface area contributed by atoms with Gasteiger partial charge in [-0.1, -0.05) is 6.07 Å². The van der Waals surface area contributed by atoms with E-state index in [1.165, 1.54) is 42.6 Å². The van der Waals surface area contributed by atoms with Gasteiger partial charge < -0.3 is 9.92 Å². The van der Waals surface area contributed by atoms with Crippen molar-refractivity contribution in [3.63, 3.8) is 0 Å². The van der Waals surface area contributed by atoms with E-state index in [0.29, 0.717) is 5.56 Å². The number of alkyl halides is 3. The molecule has 0 fully saturated rings. The minimum atomic E-state index is -4.49. The summed E-state index contributed by atoms with van der Waals surface area (Å²) in [6.07, 6.45) is -3.27. The van der Waals surface area contributed by atoms with Gasteiger partial charge in [-0.2, -0.15) is 26.7 Å². The van der Waals surface area contributed by atoms with Crippen LogP contribution in [0.3, 0.4) is 0 Å². The van der Waals surface area contributed by atoms with Gasteiger partial charge in [-0.15, -0.1) is 0 Å². The van der Waals surface area contributed by atoms with Crippen LogP contribution in [0.1, 0.15) is 11.1 Å². The Hall–Kier alpha value is -2.76. The first-order valence-corrected chi connectivity index (χ1v) is 8.44. The summed E-state index contributed by atoms with van der Waals surface area (Å²) in [5.41, 5.74) is 5.67. The molecule has 0 heterocycles. The Labute approximate surface area is 147 Å². The van der Waals surface area contributed by atoms with Gasteiger partial charge in [0.15, 0.2) is 0 Å². The van der Waals surface area contributed by atoms with Crippen LogP contribution in [0, 0.1) is 0 Å². The number of hydrogen-bond donors (Lipinski definition) is 3. The third kappa shape index (κ3) is 5.37. The molecule has 0 aromatic heterocycles. The molecule has 0 spiro atoms. The van der Waals surface area contributed by atoms with Gasteiger partial charge in [-0.3, -0.25) is 5.01 Å². The second kappa shape index (κ2) is 7.23. The van der Waals surface area contributed by atoms with Crippen molar-refractivity contribution < 1.29 is 25.8 Å². The maximum Gasteiger partial charge on any atom is 0.416 e. The Morgan fingerprint density at radius 1 is 1.12 bits per heavy atom. The summed E-state index contributed by atoms with van der Waals surface area (Å²) in [6, 6.07) is 9.92. The highest BCUT2D eigenvalue weighted by atomic mass is 32.2. The number of nitrogens with two attached hydrogens (primary N) is 3. The quantitative estimate of drug-likeness (QED) is 0.531. The van der Waals surface area contributed by atoms with E-state index in [9.17, 15) is 21.6 Å². The fourth-order valence-corrected chi connectivity index (χ4v) is 2.36. The highest BCUT2D eigenvalue weighted by Gasteiger charge is 2.30. The summed E-state index contributed by atoms with van der Waals surface area (Å²) in [4.78, 5) is 0. The standard InChI is InChI=1S/C15H15F3N4O3S/c16-15(17,18)11-2-1-3-12(8-11)22(20)9-14(19)10-4-6-13(7-5-10)25-26(21,23)24/h1-9H,19-20H2,(H2,21,23,24)/b14-9-. The van der Waals surface area contributed by atoms with Gasteiger partial charge in [0.1, 0.15) is 5.75 Å². The van der Waals surface area contributed by atoms with Gasteiger partial charge in [-0.25, -0.2) is 5.84 Å². The average molecular weight is 388 g/mol. The van der Waals surface area contributed by atoms with Crippen LogP contribution in [-0.4, -0.2) is 8.42 Å². The molecule has 0 saturated heterocycles. The highest BCUT2D eigenvalue weighted by molar-refractivity contribution is 7.84. The first kappa shape index (κ1) is 19.6. The van der Waals surface area contributed by atoms with Crippen molar-refractivity contribution in [3.05, 3.63) is 65.9 Å². The zero-order valence-corrected chi connectivity index (χ0v) is 14.0. The van der Waals surface area contributed by atoms with E-state index >= 15 is 0 Å². The van der Waals surface area contributed by atoms with Crippen molar-refractivity contribution >= 4 is 21.7 Å². The average Bonchev–Trinajstić information content (AvgIpc) is 2.53. The minimum Gasteiger partial charge on any atom is -0.397 e. The van der Waals surface area contributed by atoms with Crippen molar-refractivity contribution in [3.8, 4) is 5.75 Å². The van der Waals surface area contributed by atoms with E-state index in [1.807, 2.05) is 0 Å². The smallest absolute Gasteiger partial charge is 0.397 e. The fraction of sp³-hybridized carbons (Fsp3) is 0.0667. The summed E-state index contributed by atoms with van der Waals surface area (Å²) >= 11 is 0. The Morgan fingerprint density at radius 2 is 1.73 bits per heavy atom. The molecule has 26 heavy (non-hydrogen) atoms. The van der Waals surface area contributed by atoms with Crippen molar-refractivity contribution in [1.29, 1.82) is 0 Å². The molecule has 0 atom stereocenters. The molecule has 0 saturated carbocycles. The van der Waals surface area contributed by atoms with Gasteiger partial charge in [-0.05, 0) is 48.0 Å². The van der Waals surface area contributed by atoms with E-state index in [-0.39, 0.29) is 17.1 Å². The lowest BCUT2D eigenvalue weighted by Gasteiger charge is -2.17. The van der Waals surface area contributed by atoms with Crippen LogP contribution < -0.4 is 25.9 Å². The molecular formula is C15H15F3N4O3S. The first-order chi connectivity index (χ1) is 12.0. The number of benzene rings is 2. The molecule has 0 aliphatic rings. The van der Waals surface area contributed by atoms with Crippen LogP contribution in [0.4, 0.5) is 18.9 Å². The molecule has 2 aromatic rings. The number of nitrogens with zero attached hydrogens (tertiary/aromatic N) is 1. The van der Waals surface area contributed by atoms with Crippen LogP contribution in [0.5, 0.6) is 5.75 Å². The van der Waals surface area contributed by atoms with E-state index in [0.717, 1.165) is 17.1 Å². The lowest BCUT2D eigenvalue weighted by molar-refractivity contribution is -0.137. The van der Waals surface area contributed by atoms with E-state index in [1.54, 1.807) is 0 Å². The van der Waals surface area contributed by atoms with Crippen molar-refractivity contribution in [2.24, 2.45) is 16.7 Å². The summed E-state index contributed by atoms with van der Waals surface area (Å²) in [7, 11) is -4.15. The molecule has 0 amide bonds. The molecule has 7 nitrogen and oxygen atoms in total. The van der Waals surface area contributed by atoms with Crippen LogP contribution >= 0.6 is 0 Å². The number of anilines is 1. The second-order valence-electron chi connectivity index (χ2n) is 5.14. The summed E-state index contributed by atoms with van der Waals surface area (Å²) < 4.78 is 64.4. The molecule has 140 valence electrons. The zero-order valence-electron chi connectivity index (χ0n) is 13.1. The molecule has 0 bridgehead atoms. The first-order valence-electron chi connectivity index (χ1n) is 6.97. The maximum atomic E-state index is 12.8. The largest absolute Gasteiger partial charge is 0.416 e. The van der Waals surface area contributed by atoms with E-state index in [4.69, 9.17) is 16.7 Å². The molecular weight excluding hydrogens is 373 g/mol. The zero-order chi connectivity index (χ0) is 19.5. The Bertz CT molecular complexity index is 912. The van der Waals surface area contributed by atoms with Crippen LogP contribution in [0.15, 0.2) is 54.7 Å². The Morgan fingerprint density at radius 3 is 2.27 bits per heavy atom. The molecule has 0 radical (unpaired) electrons. The van der Waals surface area contributed by atoms with Crippen LogP contribution in [0.25, 0.3) is 5.70 Å². The lowest BCUT2D eigenvalue weighted by Crippen LogP contribution is -2.26. The number of rotatable bonds is 5. The third-order valence-corrected chi connectivity index (χ3v) is 3.57. The molecule has 6 N–H and O–H groups in total. The Balaban J connectivity index is 2.21. The Kier molecular flexibility index (Phi) is 5.44. The number of halogens is 3. The van der Waals surface area contributed by atoms with Crippen LogP contribution in [0.2, 0.25) is 0 Å². The van der Waals surface area contributed by atoms with Crippen molar-refractivity contribution in [1.82, 2.24) is 0 Å². The molecule has 0 aliphatic heterocycles. The van der Waals surface area contributed by atoms with Crippen molar-refractivity contribution in [2.45, 2.75) is 6.18 Å². The van der Waals surface area contributed by atoms with E-state index < -0.39 is 22.0 Å². The summed E-state index contributed by atoms with van der Waals surface area (Å²) in [6.45, 7) is 0. The van der Waals surface area contributed by atoms with E-state index in [2.05, 4.69) is 4.18 Å². The monoisotopic (exact) mass is 388 g/mol. The molecule has 2 aromatic carbocycles. The maximum absolute atomic E-state index is 12.8. The SMILES string of the molecule is N/C(=C\N(N)c1cccc(C(F)(F)F)c1)c1ccc(OS(N)(=O)=O)cc1. The number of hydrazine groups is 1. The predicted molar refractivity (Wildman–Crippen MR) is 90.5 cm³/mol. The summed E-state index contributed by atoms with van der Waals surface area (Å²) in [5, 5.41) is 5.69. The molecule has 2 rings (SSSR count). The fourth-order valence-electron chi connectivity index (χ4n) is 1.98. The highest BCUT2D eigenvalue weighted by Crippen LogP contribution is 2.31.